The molecule has 0 heterocycles. The van der Waals surface area contributed by atoms with Crippen molar-refractivity contribution in [3.05, 3.63) is 0 Å². The van der Waals surface area contributed by atoms with E-state index in [0.717, 1.165) is 0 Å². The van der Waals surface area contributed by atoms with Gasteiger partial charge in [0, 0.05) is 0 Å². The Bertz CT molecular complexity index is 347. The fraction of sp³-hybridized carbons (Fsp3) is 0.556. The van der Waals surface area contributed by atoms with E-state index in [9.17, 15) is 9.59 Å². The van der Waals surface area contributed by atoms with E-state index >= 15 is 0 Å². The number of carbonyl (C=O) groups excluding carboxylic acids is 2. The number of primary amides is 1. The lowest BCUT2D eigenvalue weighted by molar-refractivity contribution is -0.143. The lowest BCUT2D eigenvalue weighted by Gasteiger charge is -2.15. The van der Waals surface area contributed by atoms with Gasteiger partial charge >= 0.3 is 12.0 Å². The van der Waals surface area contributed by atoms with Crippen molar-refractivity contribution in [2.45, 2.75) is 19.9 Å². The zero-order chi connectivity index (χ0) is 13.3. The summed E-state index contributed by atoms with van der Waals surface area (Å²) in [4.78, 5) is 22.0. The molecule has 0 radical (unpaired) electrons. The van der Waals surface area contributed by atoms with Crippen LogP contribution < -0.4 is 16.5 Å². The highest BCUT2D eigenvalue weighted by Gasteiger charge is 2.22. The van der Waals surface area contributed by atoms with Crippen LogP contribution in [0.25, 0.3) is 0 Å². The van der Waals surface area contributed by atoms with E-state index in [1.165, 1.54) is 6.92 Å². The van der Waals surface area contributed by atoms with E-state index in [0.29, 0.717) is 0 Å². The van der Waals surface area contributed by atoms with E-state index in [-0.39, 0.29) is 18.9 Å². The smallest absolute Gasteiger partial charge is 0.332 e. The molecular formula is C9H15N5O3. The highest BCUT2D eigenvalue weighted by atomic mass is 16.5. The first-order valence-electron chi connectivity index (χ1n) is 4.89. The second-order valence-electron chi connectivity index (χ2n) is 2.95. The zero-order valence-electron chi connectivity index (χ0n) is 9.69. The fourth-order valence-corrected chi connectivity index (χ4v) is 0.983. The molecule has 17 heavy (non-hydrogen) atoms. The maximum atomic E-state index is 11.5. The first-order valence-corrected chi connectivity index (χ1v) is 4.89. The van der Waals surface area contributed by atoms with Crippen LogP contribution in [0.2, 0.25) is 0 Å². The van der Waals surface area contributed by atoms with Crippen molar-refractivity contribution in [3.63, 3.8) is 0 Å². The van der Waals surface area contributed by atoms with E-state index in [1.54, 1.807) is 6.92 Å². The number of nitrogens with two attached hydrogens (primary N) is 1. The van der Waals surface area contributed by atoms with Crippen LogP contribution in [-0.2, 0) is 9.53 Å². The van der Waals surface area contributed by atoms with Gasteiger partial charge in [-0.2, -0.15) is 10.4 Å². The van der Waals surface area contributed by atoms with Gasteiger partial charge in [-0.3, -0.25) is 5.32 Å². The zero-order valence-corrected chi connectivity index (χ0v) is 9.69. The topological polar surface area (TPSA) is 130 Å². The predicted octanol–water partition coefficient (Wildman–Crippen LogP) is -0.925. The van der Waals surface area contributed by atoms with Crippen molar-refractivity contribution in [2.75, 3.05) is 13.2 Å². The van der Waals surface area contributed by atoms with Gasteiger partial charge in [-0.1, -0.05) is 0 Å². The third-order valence-electron chi connectivity index (χ3n) is 1.67. The molecule has 0 bridgehead atoms. The molecule has 94 valence electrons. The normalized spacial score (nSPS) is 12.4. The predicted molar refractivity (Wildman–Crippen MR) is 59.9 cm³/mol. The minimum atomic E-state index is -0.888. The van der Waals surface area contributed by atoms with Crippen LogP contribution in [0.5, 0.6) is 0 Å². The summed E-state index contributed by atoms with van der Waals surface area (Å²) in [6.45, 7) is 3.32. The standard InChI is InChI=1S/C9H15N5O3/c1-3-17-8(15)7(12-5-4-10)6(2)13-14-9(11)16/h7,12H,3,5H2,1-2H3,(H3,11,14,16)/b13-6+. The molecule has 0 aromatic heterocycles. The number of nitrogens with zero attached hydrogens (tertiary/aromatic N) is 2. The number of hydrogen-bond acceptors (Lipinski definition) is 6. The molecule has 0 aromatic carbocycles. The molecule has 1 atom stereocenters. The van der Waals surface area contributed by atoms with Crippen LogP contribution in [0.15, 0.2) is 5.10 Å². The minimum absolute atomic E-state index is 0.0487. The number of amides is 2. The molecule has 4 N–H and O–H groups in total. The summed E-state index contributed by atoms with van der Waals surface area (Å²) in [5, 5.41) is 14.7. The number of carbonyl (C=O) groups is 2. The first-order chi connectivity index (χ1) is 8.02. The molecule has 0 aliphatic heterocycles. The van der Waals surface area contributed by atoms with Crippen LogP contribution >= 0.6 is 0 Å². The molecule has 0 aromatic rings. The van der Waals surface area contributed by atoms with E-state index in [4.69, 9.17) is 15.7 Å². The summed E-state index contributed by atoms with van der Waals surface area (Å²) < 4.78 is 4.79. The monoisotopic (exact) mass is 241 g/mol. The van der Waals surface area contributed by atoms with Gasteiger partial charge in [0.25, 0.3) is 0 Å². The molecular weight excluding hydrogens is 226 g/mol. The number of nitrogens with one attached hydrogen (secondary N) is 2. The maximum absolute atomic E-state index is 11.5. The summed E-state index contributed by atoms with van der Waals surface area (Å²) >= 11 is 0. The van der Waals surface area contributed by atoms with Crippen LogP contribution in [0.3, 0.4) is 0 Å². The SMILES string of the molecule is CCOC(=O)C(NCC#N)/C(C)=N/NC(N)=O. The number of rotatable bonds is 6. The fourth-order valence-electron chi connectivity index (χ4n) is 0.983. The van der Waals surface area contributed by atoms with Gasteiger partial charge in [0.1, 0.15) is 6.04 Å². The molecule has 0 rings (SSSR count). The Morgan fingerprint density at radius 3 is 2.71 bits per heavy atom. The second kappa shape index (κ2) is 8.06. The number of hydrogen-bond donors (Lipinski definition) is 3. The Hall–Kier alpha value is -2.14. The third-order valence-corrected chi connectivity index (χ3v) is 1.67. The number of hydrazone groups is 1. The maximum Gasteiger partial charge on any atom is 0.332 e. The lowest BCUT2D eigenvalue weighted by atomic mass is 10.2. The summed E-state index contributed by atoms with van der Waals surface area (Å²) in [5.41, 5.74) is 7.07. The van der Waals surface area contributed by atoms with Gasteiger partial charge in [0.15, 0.2) is 0 Å². The molecule has 8 nitrogen and oxygen atoms in total. The Kier molecular flexibility index (Phi) is 7.05. The molecule has 8 heteroatoms. The van der Waals surface area contributed by atoms with Crippen LogP contribution in [0.1, 0.15) is 13.8 Å². The second-order valence-corrected chi connectivity index (χ2v) is 2.95. The number of esters is 1. The quantitative estimate of drug-likeness (QED) is 0.239. The van der Waals surface area contributed by atoms with E-state index < -0.39 is 18.0 Å². The van der Waals surface area contributed by atoms with Crippen LogP contribution in [0.4, 0.5) is 4.79 Å². The first kappa shape index (κ1) is 14.9. The van der Waals surface area contributed by atoms with Crippen molar-refractivity contribution in [1.29, 1.82) is 5.26 Å². The Morgan fingerprint density at radius 1 is 1.59 bits per heavy atom. The van der Waals surface area contributed by atoms with Crippen LogP contribution in [-0.4, -0.2) is 36.9 Å². The average Bonchev–Trinajstić information content (AvgIpc) is 2.27. The molecule has 0 aliphatic carbocycles. The summed E-state index contributed by atoms with van der Waals surface area (Å²) in [6, 6.07) is 0.101. The summed E-state index contributed by atoms with van der Waals surface area (Å²) in [7, 11) is 0. The Labute approximate surface area is 98.8 Å². The summed E-state index contributed by atoms with van der Waals surface area (Å²) in [5.74, 6) is -0.574. The molecule has 0 saturated heterocycles. The van der Waals surface area contributed by atoms with Crippen molar-refractivity contribution in [3.8, 4) is 6.07 Å². The van der Waals surface area contributed by atoms with Gasteiger partial charge in [-0.25, -0.2) is 15.0 Å². The van der Waals surface area contributed by atoms with Crippen molar-refractivity contribution >= 4 is 17.7 Å². The average molecular weight is 241 g/mol. The number of nitriles is 1. The van der Waals surface area contributed by atoms with Crippen molar-refractivity contribution in [1.82, 2.24) is 10.7 Å². The molecule has 1 unspecified atom stereocenters. The highest BCUT2D eigenvalue weighted by Crippen LogP contribution is 1.93. The van der Waals surface area contributed by atoms with Crippen molar-refractivity contribution < 1.29 is 14.3 Å². The highest BCUT2D eigenvalue weighted by molar-refractivity contribution is 6.05. The Balaban J connectivity index is 4.66. The third kappa shape index (κ3) is 6.11. The van der Waals surface area contributed by atoms with Crippen LogP contribution in [0, 0.1) is 11.3 Å². The minimum Gasteiger partial charge on any atom is -0.465 e. The summed E-state index contributed by atoms with van der Waals surface area (Å²) in [6.07, 6.45) is 0. The lowest BCUT2D eigenvalue weighted by Crippen LogP contribution is -2.44. The van der Waals surface area contributed by atoms with Crippen molar-refractivity contribution in [2.24, 2.45) is 10.8 Å². The molecule has 0 aliphatic rings. The molecule has 2 amide bonds. The van der Waals surface area contributed by atoms with Gasteiger partial charge in [0.2, 0.25) is 0 Å². The molecule has 0 spiro atoms. The number of ether oxygens (including phenoxy) is 1. The molecule has 0 saturated carbocycles. The largest absolute Gasteiger partial charge is 0.465 e. The number of urea groups is 1. The van der Waals surface area contributed by atoms with Gasteiger partial charge in [-0.05, 0) is 13.8 Å². The van der Waals surface area contributed by atoms with Gasteiger partial charge < -0.3 is 10.5 Å². The van der Waals surface area contributed by atoms with Gasteiger partial charge in [0.05, 0.1) is 24.9 Å². The van der Waals surface area contributed by atoms with E-state index in [1.807, 2.05) is 11.5 Å². The Morgan fingerprint density at radius 2 is 2.24 bits per heavy atom. The molecule has 0 fully saturated rings. The van der Waals surface area contributed by atoms with E-state index in [2.05, 4.69) is 10.4 Å². The van der Waals surface area contributed by atoms with Gasteiger partial charge in [-0.15, -0.1) is 0 Å².